The summed E-state index contributed by atoms with van der Waals surface area (Å²) in [6.07, 6.45) is 1.70. The molecule has 0 saturated carbocycles. The molecule has 0 aliphatic heterocycles. The average molecular weight is 278 g/mol. The lowest BCUT2D eigenvalue weighted by Crippen LogP contribution is -2.14. The van der Waals surface area contributed by atoms with Crippen molar-refractivity contribution in [3.05, 3.63) is 70.9 Å². The summed E-state index contributed by atoms with van der Waals surface area (Å²) < 4.78 is 0. The van der Waals surface area contributed by atoms with Crippen molar-refractivity contribution in [2.24, 2.45) is 5.73 Å². The molecular weight excluding hydrogens is 260 g/mol. The normalized spacial score (nSPS) is 10.9. The summed E-state index contributed by atoms with van der Waals surface area (Å²) >= 11 is 0. The molecule has 0 saturated heterocycles. The van der Waals surface area contributed by atoms with Gasteiger partial charge in [-0.05, 0) is 43.0 Å². The van der Waals surface area contributed by atoms with Crippen molar-refractivity contribution in [3.8, 4) is 0 Å². The van der Waals surface area contributed by atoms with E-state index >= 15 is 0 Å². The van der Waals surface area contributed by atoms with E-state index in [-0.39, 0.29) is 5.91 Å². The summed E-state index contributed by atoms with van der Waals surface area (Å²) in [5.41, 5.74) is 10.7. The molecule has 21 heavy (non-hydrogen) atoms. The SMILES string of the molecule is Cc1[nH]c2ccccc2c1CCc1ccccc1C(N)=O. The van der Waals surface area contributed by atoms with Gasteiger partial charge in [-0.25, -0.2) is 0 Å². The summed E-state index contributed by atoms with van der Waals surface area (Å²) in [6.45, 7) is 2.09. The van der Waals surface area contributed by atoms with Gasteiger partial charge in [-0.1, -0.05) is 36.4 Å². The van der Waals surface area contributed by atoms with Crippen LogP contribution < -0.4 is 5.73 Å². The first kappa shape index (κ1) is 13.4. The maximum absolute atomic E-state index is 11.5. The molecule has 0 spiro atoms. The van der Waals surface area contributed by atoms with Crippen LogP contribution in [0, 0.1) is 6.92 Å². The predicted molar refractivity (Wildman–Crippen MR) is 85.4 cm³/mol. The van der Waals surface area contributed by atoms with E-state index in [2.05, 4.69) is 30.1 Å². The molecule has 1 amide bonds. The van der Waals surface area contributed by atoms with Crippen LogP contribution in [0.15, 0.2) is 48.5 Å². The molecule has 2 aromatic carbocycles. The highest BCUT2D eigenvalue weighted by molar-refractivity contribution is 5.94. The van der Waals surface area contributed by atoms with E-state index in [1.54, 1.807) is 6.07 Å². The Morgan fingerprint density at radius 1 is 1.05 bits per heavy atom. The fourth-order valence-corrected chi connectivity index (χ4v) is 2.90. The largest absolute Gasteiger partial charge is 0.366 e. The number of nitrogens with one attached hydrogen (secondary N) is 1. The quantitative estimate of drug-likeness (QED) is 0.755. The molecule has 0 aliphatic rings. The van der Waals surface area contributed by atoms with Crippen LogP contribution in [0.2, 0.25) is 0 Å². The zero-order chi connectivity index (χ0) is 14.8. The van der Waals surface area contributed by atoms with Crippen molar-refractivity contribution in [2.45, 2.75) is 19.8 Å². The second-order valence-electron chi connectivity index (χ2n) is 5.30. The number of para-hydroxylation sites is 1. The number of aryl methyl sites for hydroxylation is 3. The van der Waals surface area contributed by atoms with Crippen molar-refractivity contribution in [3.63, 3.8) is 0 Å². The Hall–Kier alpha value is -2.55. The lowest BCUT2D eigenvalue weighted by Gasteiger charge is -2.07. The standard InChI is InChI=1S/C18H18N2O/c1-12-14(16-8-4-5-9-17(16)20-12)11-10-13-6-2-3-7-15(13)18(19)21/h2-9,20H,10-11H2,1H3,(H2,19,21). The highest BCUT2D eigenvalue weighted by Gasteiger charge is 2.11. The van der Waals surface area contributed by atoms with Crippen molar-refractivity contribution >= 4 is 16.8 Å². The average Bonchev–Trinajstić information content (AvgIpc) is 2.81. The second-order valence-corrected chi connectivity index (χ2v) is 5.30. The molecule has 0 aliphatic carbocycles. The number of benzene rings is 2. The second kappa shape index (κ2) is 5.44. The van der Waals surface area contributed by atoms with Crippen LogP contribution in [0.5, 0.6) is 0 Å². The Labute approximate surface area is 123 Å². The number of nitrogens with two attached hydrogens (primary N) is 1. The summed E-state index contributed by atoms with van der Waals surface area (Å²) in [4.78, 5) is 14.9. The maximum atomic E-state index is 11.5. The van der Waals surface area contributed by atoms with Crippen molar-refractivity contribution in [1.82, 2.24) is 4.98 Å². The lowest BCUT2D eigenvalue weighted by atomic mass is 9.98. The van der Waals surface area contributed by atoms with Gasteiger partial charge in [0.1, 0.15) is 0 Å². The van der Waals surface area contributed by atoms with Gasteiger partial charge in [0.15, 0.2) is 0 Å². The molecule has 1 heterocycles. The van der Waals surface area contributed by atoms with Crippen LogP contribution in [0.4, 0.5) is 0 Å². The fourth-order valence-electron chi connectivity index (χ4n) is 2.90. The number of primary amides is 1. The third-order valence-corrected chi connectivity index (χ3v) is 3.95. The van der Waals surface area contributed by atoms with Crippen LogP contribution in [-0.4, -0.2) is 10.9 Å². The molecule has 1 aromatic heterocycles. The van der Waals surface area contributed by atoms with E-state index < -0.39 is 0 Å². The zero-order valence-corrected chi connectivity index (χ0v) is 12.0. The third kappa shape index (κ3) is 2.55. The topological polar surface area (TPSA) is 58.9 Å². The zero-order valence-electron chi connectivity index (χ0n) is 12.0. The number of aromatic nitrogens is 1. The predicted octanol–water partition coefficient (Wildman–Crippen LogP) is 3.36. The number of carbonyl (C=O) groups is 1. The highest BCUT2D eigenvalue weighted by Crippen LogP contribution is 2.23. The molecule has 3 rings (SSSR count). The van der Waals surface area contributed by atoms with Crippen molar-refractivity contribution in [2.75, 3.05) is 0 Å². The number of aromatic amines is 1. The summed E-state index contributed by atoms with van der Waals surface area (Å²) in [7, 11) is 0. The van der Waals surface area contributed by atoms with Gasteiger partial charge in [0.25, 0.3) is 0 Å². The highest BCUT2D eigenvalue weighted by atomic mass is 16.1. The van der Waals surface area contributed by atoms with E-state index in [0.717, 1.165) is 23.9 Å². The third-order valence-electron chi connectivity index (χ3n) is 3.95. The summed E-state index contributed by atoms with van der Waals surface area (Å²) in [6, 6.07) is 15.9. The molecule has 0 bridgehead atoms. The Bertz CT molecular complexity index is 802. The number of H-pyrrole nitrogens is 1. The monoisotopic (exact) mass is 278 g/mol. The molecule has 0 unspecified atom stereocenters. The molecule has 3 nitrogen and oxygen atoms in total. The molecule has 3 aromatic rings. The molecule has 3 heteroatoms. The maximum Gasteiger partial charge on any atom is 0.248 e. The van der Waals surface area contributed by atoms with Gasteiger partial charge in [-0.15, -0.1) is 0 Å². The molecule has 0 atom stereocenters. The van der Waals surface area contributed by atoms with Gasteiger partial charge in [-0.3, -0.25) is 4.79 Å². The van der Waals surface area contributed by atoms with Crippen LogP contribution in [0.3, 0.4) is 0 Å². The number of amides is 1. The van der Waals surface area contributed by atoms with E-state index in [1.165, 1.54) is 16.6 Å². The van der Waals surface area contributed by atoms with Gasteiger partial charge in [0, 0.05) is 22.2 Å². The Morgan fingerprint density at radius 3 is 2.57 bits per heavy atom. The fraction of sp³-hybridized carbons (Fsp3) is 0.167. The van der Waals surface area contributed by atoms with E-state index in [4.69, 9.17) is 5.73 Å². The van der Waals surface area contributed by atoms with Crippen LogP contribution >= 0.6 is 0 Å². The minimum atomic E-state index is -0.360. The van der Waals surface area contributed by atoms with Crippen molar-refractivity contribution in [1.29, 1.82) is 0 Å². The Balaban J connectivity index is 1.91. The van der Waals surface area contributed by atoms with Crippen molar-refractivity contribution < 1.29 is 4.79 Å². The first-order valence-corrected chi connectivity index (χ1v) is 7.10. The Kier molecular flexibility index (Phi) is 3.48. The van der Waals surface area contributed by atoms with E-state index in [0.29, 0.717) is 5.56 Å². The van der Waals surface area contributed by atoms with E-state index in [1.807, 2.05) is 24.3 Å². The minimum Gasteiger partial charge on any atom is -0.366 e. The van der Waals surface area contributed by atoms with Crippen LogP contribution in [0.25, 0.3) is 10.9 Å². The Morgan fingerprint density at radius 2 is 1.76 bits per heavy atom. The molecule has 0 radical (unpaired) electrons. The van der Waals surface area contributed by atoms with E-state index in [9.17, 15) is 4.79 Å². The molecule has 3 N–H and O–H groups in total. The lowest BCUT2D eigenvalue weighted by molar-refractivity contribution is 0.0999. The number of hydrogen-bond donors (Lipinski definition) is 2. The van der Waals surface area contributed by atoms with Crippen LogP contribution in [-0.2, 0) is 12.8 Å². The van der Waals surface area contributed by atoms with Gasteiger partial charge in [0.2, 0.25) is 5.91 Å². The smallest absolute Gasteiger partial charge is 0.248 e. The molecular formula is C18H18N2O. The number of carbonyl (C=O) groups excluding carboxylic acids is 1. The van der Waals surface area contributed by atoms with Crippen LogP contribution in [0.1, 0.15) is 27.2 Å². The van der Waals surface area contributed by atoms with Gasteiger partial charge in [0.05, 0.1) is 0 Å². The molecule has 106 valence electrons. The number of hydrogen-bond acceptors (Lipinski definition) is 1. The first-order valence-electron chi connectivity index (χ1n) is 7.10. The first-order chi connectivity index (χ1) is 10.2. The minimum absolute atomic E-state index is 0.360. The van der Waals surface area contributed by atoms with Gasteiger partial charge in [-0.2, -0.15) is 0 Å². The van der Waals surface area contributed by atoms with Gasteiger partial charge < -0.3 is 10.7 Å². The van der Waals surface area contributed by atoms with Gasteiger partial charge >= 0.3 is 0 Å². The molecule has 0 fully saturated rings. The number of fused-ring (bicyclic) bond motifs is 1. The number of rotatable bonds is 4. The summed E-state index contributed by atoms with van der Waals surface area (Å²) in [5, 5.41) is 1.26. The summed E-state index contributed by atoms with van der Waals surface area (Å²) in [5.74, 6) is -0.360.